The standard InChI is InChI=1S/C49H54FN7O8S.C34H44FN7O6S/c1-4-44(66)51-27-35-28-57(49(63)65-35)34-17-18-42(41(50)25-34)55-21-23-56(24-22-55)45(59)20-19-43(58)33-15-13-32(14-16-33)26-52-54-31(3)47(61)53-30(2)46(60)48(62)64-29-40-38-11-7-5-9-36(38)37-10-6-8-12-39(37)40;1-4-31(49)36-19-27-20-42(34(47)48-27)26-9-10-29(28(35)17-26)40-13-15-41(16-14-40)32(45)12-11-30(44)25-7-5-24(6-8-25)18-37-39-23(3)33(46)38-22(2)21-43/h5-18,25,30-31,35,40,52,54H,4,19-24,26-29H2,1-3H3,(H,51,66)(H,53,61);5-10,17,21-23,27,37,39H,4,11-16,18-20H2,1-3H3,(H,36,49)(H,38,46)/t30-,31-,35-;22-,23-,27-/m00/s1. The van der Waals surface area contributed by atoms with Crippen LogP contribution in [0.3, 0.4) is 0 Å². The third-order valence-electron chi connectivity index (χ3n) is 20.4. The number of piperazine rings is 2. The number of cyclic esters (lactones) is 2. The number of halogens is 2. The van der Waals surface area contributed by atoms with E-state index in [-0.39, 0.29) is 80.6 Å². The topological polar surface area (TPSA) is 331 Å². The molecular formula is C83H98F2N14O14S2. The predicted octanol–water partition coefficient (Wildman–Crippen LogP) is 7.68. The fourth-order valence-electron chi connectivity index (χ4n) is 13.7. The molecule has 0 bridgehead atoms. The number of hydrogen-bond acceptors (Lipinski definition) is 22. The van der Waals surface area contributed by atoms with Crippen LogP contribution < -0.4 is 62.6 Å². The number of carbonyl (C=O) groups excluding carboxylic acids is 11. The maximum absolute atomic E-state index is 15.4. The van der Waals surface area contributed by atoms with Gasteiger partial charge in [-0.2, -0.15) is 0 Å². The second-order valence-electron chi connectivity index (χ2n) is 28.6. The molecule has 4 saturated heterocycles. The maximum atomic E-state index is 15.4. The molecular weight excluding hydrogens is 1520 g/mol. The van der Waals surface area contributed by atoms with Crippen molar-refractivity contribution in [1.82, 2.24) is 52.8 Å². The van der Waals surface area contributed by atoms with Gasteiger partial charge in [-0.3, -0.25) is 54.2 Å². The Hall–Kier alpha value is -11.0. The summed E-state index contributed by atoms with van der Waals surface area (Å²) in [6.07, 6.45) is 0.363. The number of carbonyl (C=O) groups is 11. The van der Waals surface area contributed by atoms with Gasteiger partial charge in [0, 0.05) is 108 Å². The number of thiocarbonyl (C=S) groups is 2. The van der Waals surface area contributed by atoms with Gasteiger partial charge >= 0.3 is 18.2 Å². The number of aldehydes is 1. The summed E-state index contributed by atoms with van der Waals surface area (Å²) < 4.78 is 46.9. The first-order valence-electron chi connectivity index (χ1n) is 38.6. The average Bonchev–Trinajstić information content (AvgIpc) is 1.59. The molecule has 610 valence electrons. The molecule has 1 aliphatic carbocycles. The summed E-state index contributed by atoms with van der Waals surface area (Å²) in [4.78, 5) is 149. The molecule has 4 fully saturated rings. The first-order chi connectivity index (χ1) is 55.3. The number of amides is 6. The van der Waals surface area contributed by atoms with Crippen LogP contribution in [0.5, 0.6) is 0 Å². The summed E-state index contributed by atoms with van der Waals surface area (Å²) in [5.74, 6) is -4.45. The first-order valence-corrected chi connectivity index (χ1v) is 39.4. The molecule has 5 aliphatic rings. The Kier molecular flexibility index (Phi) is 31.0. The smallest absolute Gasteiger partial charge is 0.414 e. The van der Waals surface area contributed by atoms with Gasteiger partial charge in [-0.25, -0.2) is 34.0 Å². The molecule has 0 spiro atoms. The van der Waals surface area contributed by atoms with Crippen LogP contribution in [0.4, 0.5) is 41.1 Å². The van der Waals surface area contributed by atoms with E-state index in [1.807, 2.05) is 72.2 Å². The molecule has 0 unspecified atom stereocenters. The van der Waals surface area contributed by atoms with E-state index in [1.54, 1.807) is 103 Å². The highest BCUT2D eigenvalue weighted by molar-refractivity contribution is 7.80. The second-order valence-corrected chi connectivity index (χ2v) is 29.6. The molecule has 11 rings (SSSR count). The van der Waals surface area contributed by atoms with Gasteiger partial charge in [-0.15, -0.1) is 0 Å². The number of benzene rings is 6. The molecule has 4 heterocycles. The van der Waals surface area contributed by atoms with Crippen molar-refractivity contribution in [2.45, 2.75) is 135 Å². The largest absolute Gasteiger partial charge is 0.459 e. The van der Waals surface area contributed by atoms with E-state index in [9.17, 15) is 52.7 Å². The predicted molar refractivity (Wildman–Crippen MR) is 437 cm³/mol. The van der Waals surface area contributed by atoms with Crippen LogP contribution in [0, 0.1) is 11.6 Å². The van der Waals surface area contributed by atoms with Gasteiger partial charge in [0.15, 0.2) is 11.6 Å². The molecule has 6 atom stereocenters. The van der Waals surface area contributed by atoms with Gasteiger partial charge < -0.3 is 59.9 Å². The Morgan fingerprint density at radius 3 is 1.34 bits per heavy atom. The molecule has 4 aliphatic heterocycles. The minimum Gasteiger partial charge on any atom is -0.459 e. The van der Waals surface area contributed by atoms with Gasteiger partial charge in [0.1, 0.15) is 36.7 Å². The van der Waals surface area contributed by atoms with E-state index in [1.165, 1.54) is 28.9 Å². The normalized spacial score (nSPS) is 16.8. The quantitative estimate of drug-likeness (QED) is 0.00360. The second kappa shape index (κ2) is 41.3. The number of ketones is 3. The lowest BCUT2D eigenvalue weighted by atomic mass is 9.98. The Morgan fingerprint density at radius 1 is 0.530 bits per heavy atom. The maximum Gasteiger partial charge on any atom is 0.414 e. The molecule has 0 saturated carbocycles. The van der Waals surface area contributed by atoms with E-state index >= 15 is 8.78 Å². The van der Waals surface area contributed by atoms with Crippen molar-refractivity contribution in [3.8, 4) is 11.1 Å². The number of anilines is 4. The van der Waals surface area contributed by atoms with Crippen LogP contribution in [0.25, 0.3) is 11.1 Å². The lowest BCUT2D eigenvalue weighted by Gasteiger charge is -2.36. The number of hydrogen-bond donors (Lipinski definition) is 8. The van der Waals surface area contributed by atoms with Gasteiger partial charge in [-0.1, -0.05) is 135 Å². The summed E-state index contributed by atoms with van der Waals surface area (Å²) in [7, 11) is 0. The molecule has 0 aromatic heterocycles. The highest BCUT2D eigenvalue weighted by atomic mass is 32.1. The third-order valence-corrected chi connectivity index (χ3v) is 21.3. The first kappa shape index (κ1) is 86.4. The Bertz CT molecular complexity index is 4500. The molecule has 8 N–H and O–H groups in total. The molecule has 115 heavy (non-hydrogen) atoms. The number of hydrazine groups is 2. The van der Waals surface area contributed by atoms with Crippen LogP contribution >= 0.6 is 24.4 Å². The van der Waals surface area contributed by atoms with E-state index in [2.05, 4.69) is 43.0 Å². The SMILES string of the molecule is CCC(=S)NC[C@H]1CN(c2ccc(N3CCN(C(=O)CCC(=O)c4ccc(CNN[C@@H](C)C(=O)N[C@@H](C)C(=O)C(=O)OCC5c6ccccc6-c6ccccc65)cc4)CC3)c(F)c2)C(=O)O1.CCC(=S)NC[C@H]1CN(c2ccc(N3CCN(C(=O)CCC(=O)c4ccc(CNN[C@@H](C)C(=O)N[C@@H](C)C=O)cc4)CC3)c(F)c2)C(=O)O1. The van der Waals surface area contributed by atoms with Crippen LogP contribution in [-0.2, 0) is 60.9 Å². The molecule has 6 amide bonds. The van der Waals surface area contributed by atoms with Crippen molar-refractivity contribution in [2.75, 3.05) is 105 Å². The number of esters is 1. The van der Waals surface area contributed by atoms with E-state index in [0.717, 1.165) is 33.4 Å². The number of ether oxygens (including phenoxy) is 3. The summed E-state index contributed by atoms with van der Waals surface area (Å²) in [6, 6.07) is 36.0. The van der Waals surface area contributed by atoms with Crippen LogP contribution in [0.1, 0.15) is 129 Å². The lowest BCUT2D eigenvalue weighted by Crippen LogP contribution is -2.52. The average molecular weight is 1620 g/mol. The van der Waals surface area contributed by atoms with E-state index in [0.29, 0.717) is 142 Å². The summed E-state index contributed by atoms with van der Waals surface area (Å²) >= 11 is 10.3. The zero-order valence-corrected chi connectivity index (χ0v) is 66.8. The van der Waals surface area contributed by atoms with Gasteiger partial charge in [-0.05, 0) is 110 Å². The number of Topliss-reactive ketones (excluding diaryl/α,β-unsaturated/α-hetero) is 3. The summed E-state index contributed by atoms with van der Waals surface area (Å²) in [6.45, 7) is 15.4. The highest BCUT2D eigenvalue weighted by Crippen LogP contribution is 2.45. The third kappa shape index (κ3) is 23.4. The number of nitrogens with zero attached hydrogens (tertiary/aromatic N) is 6. The monoisotopic (exact) mass is 1620 g/mol. The Balaban J connectivity index is 0.000000254. The zero-order chi connectivity index (χ0) is 82.4. The van der Waals surface area contributed by atoms with E-state index < -0.39 is 77.9 Å². The fourth-order valence-corrected chi connectivity index (χ4v) is 13.8. The molecule has 0 radical (unpaired) electrons. The number of nitrogens with one attached hydrogen (secondary N) is 8. The van der Waals surface area contributed by atoms with Crippen molar-refractivity contribution >= 4 is 123 Å². The zero-order valence-electron chi connectivity index (χ0n) is 65.1. The van der Waals surface area contributed by atoms with Crippen molar-refractivity contribution in [3.63, 3.8) is 0 Å². The van der Waals surface area contributed by atoms with Crippen molar-refractivity contribution in [2.24, 2.45) is 0 Å². The Morgan fingerprint density at radius 2 is 0.939 bits per heavy atom. The molecule has 6 aromatic rings. The Labute approximate surface area is 677 Å². The fraction of sp³-hybridized carbons (Fsp3) is 0.410. The van der Waals surface area contributed by atoms with Gasteiger partial charge in [0.2, 0.25) is 23.6 Å². The van der Waals surface area contributed by atoms with Crippen LogP contribution in [0.2, 0.25) is 0 Å². The van der Waals surface area contributed by atoms with Gasteiger partial charge in [0.25, 0.3) is 5.78 Å². The van der Waals surface area contributed by atoms with Crippen molar-refractivity contribution < 1.29 is 75.7 Å². The van der Waals surface area contributed by atoms with Crippen LogP contribution in [0.15, 0.2) is 133 Å². The minimum atomic E-state index is -1.11. The molecule has 32 heteroatoms. The van der Waals surface area contributed by atoms with Crippen LogP contribution in [-0.4, -0.2) is 207 Å². The number of fused-ring (bicyclic) bond motifs is 3. The summed E-state index contributed by atoms with van der Waals surface area (Å²) in [5, 5.41) is 11.3. The molecule has 28 nitrogen and oxygen atoms in total. The molecule has 6 aromatic carbocycles. The summed E-state index contributed by atoms with van der Waals surface area (Å²) in [5.41, 5.74) is 20.1. The van der Waals surface area contributed by atoms with E-state index in [4.69, 9.17) is 38.6 Å². The number of rotatable bonds is 35. The van der Waals surface area contributed by atoms with Gasteiger partial charge in [0.05, 0.1) is 83.1 Å². The van der Waals surface area contributed by atoms with Crippen molar-refractivity contribution in [3.05, 3.63) is 178 Å². The minimum absolute atomic E-state index is 0.00350. The van der Waals surface area contributed by atoms with Crippen molar-refractivity contribution in [1.29, 1.82) is 0 Å². The highest BCUT2D eigenvalue weighted by Gasteiger charge is 2.37. The lowest BCUT2D eigenvalue weighted by molar-refractivity contribution is -0.155.